The first-order chi connectivity index (χ1) is 12.5. The van der Waals surface area contributed by atoms with Gasteiger partial charge >= 0.3 is 0 Å². The first kappa shape index (κ1) is 17.1. The van der Waals surface area contributed by atoms with Gasteiger partial charge < -0.3 is 5.32 Å². The van der Waals surface area contributed by atoms with Gasteiger partial charge in [0.15, 0.2) is 0 Å². The minimum Gasteiger partial charge on any atom is -0.306 e. The first-order valence-corrected chi connectivity index (χ1v) is 7.99. The molecule has 2 N–H and O–H groups in total. The quantitative estimate of drug-likeness (QED) is 0.747. The number of carbonyl (C=O) groups excluding carboxylic acids is 1. The molecule has 26 heavy (non-hydrogen) atoms. The lowest BCUT2D eigenvalue weighted by molar-refractivity contribution is 0.102. The van der Waals surface area contributed by atoms with Crippen molar-refractivity contribution in [2.45, 2.75) is 20.3 Å². The molecule has 0 unspecified atom stereocenters. The number of carbonyl (C=O) groups is 1. The van der Waals surface area contributed by atoms with E-state index in [-0.39, 0.29) is 17.4 Å². The predicted octanol–water partition coefficient (Wildman–Crippen LogP) is 1.95. The highest BCUT2D eigenvalue weighted by atomic mass is 16.1. The highest BCUT2D eigenvalue weighted by molar-refractivity contribution is 6.04. The Labute approximate surface area is 149 Å². The molecule has 8 heteroatoms. The van der Waals surface area contributed by atoms with Crippen molar-refractivity contribution in [2.24, 2.45) is 0 Å². The molecule has 0 bridgehead atoms. The number of benzene rings is 1. The van der Waals surface area contributed by atoms with Gasteiger partial charge in [0.1, 0.15) is 5.82 Å². The van der Waals surface area contributed by atoms with E-state index in [4.69, 9.17) is 5.26 Å². The van der Waals surface area contributed by atoms with Gasteiger partial charge in [0.2, 0.25) is 5.95 Å². The van der Waals surface area contributed by atoms with Crippen LogP contribution >= 0.6 is 0 Å². The average Bonchev–Trinajstić information content (AvgIpc) is 3.01. The standard InChI is InChI=1S/C18H16N6O2/c1-3-14-9-16(25)22-18(20-14)24-15(8-11(2)23-24)21-17(26)13-6-4-12(10-19)5-7-13/h4-9H,3H2,1-2H3,(H,21,26)(H,20,22,25). The van der Waals surface area contributed by atoms with E-state index >= 15 is 0 Å². The molecule has 0 aliphatic rings. The number of hydrogen-bond donors (Lipinski definition) is 2. The number of aryl methyl sites for hydroxylation is 2. The minimum atomic E-state index is -0.357. The van der Waals surface area contributed by atoms with Crippen molar-refractivity contribution in [3.8, 4) is 12.0 Å². The van der Waals surface area contributed by atoms with Crippen LogP contribution in [0.5, 0.6) is 0 Å². The van der Waals surface area contributed by atoms with Crippen molar-refractivity contribution >= 4 is 11.7 Å². The molecule has 0 atom stereocenters. The molecule has 0 saturated carbocycles. The molecule has 0 spiro atoms. The summed E-state index contributed by atoms with van der Waals surface area (Å²) < 4.78 is 1.39. The second-order valence-electron chi connectivity index (χ2n) is 5.64. The molecule has 1 amide bonds. The van der Waals surface area contributed by atoms with Gasteiger partial charge in [-0.3, -0.25) is 14.6 Å². The summed E-state index contributed by atoms with van der Waals surface area (Å²) in [5, 5.41) is 15.9. The van der Waals surface area contributed by atoms with E-state index in [1.165, 1.54) is 10.7 Å². The van der Waals surface area contributed by atoms with Crippen LogP contribution in [-0.4, -0.2) is 25.7 Å². The van der Waals surface area contributed by atoms with Crippen LogP contribution in [0.25, 0.3) is 5.95 Å². The summed E-state index contributed by atoms with van der Waals surface area (Å²) in [5.74, 6) is 0.260. The smallest absolute Gasteiger partial charge is 0.256 e. The number of nitriles is 1. The van der Waals surface area contributed by atoms with Gasteiger partial charge in [-0.15, -0.1) is 0 Å². The van der Waals surface area contributed by atoms with Crippen LogP contribution in [0, 0.1) is 18.3 Å². The monoisotopic (exact) mass is 348 g/mol. The Morgan fingerprint density at radius 2 is 2.04 bits per heavy atom. The average molecular weight is 348 g/mol. The molecule has 3 aromatic rings. The zero-order chi connectivity index (χ0) is 18.7. The van der Waals surface area contributed by atoms with Gasteiger partial charge in [-0.05, 0) is 37.6 Å². The van der Waals surface area contributed by atoms with Crippen molar-refractivity contribution in [2.75, 3.05) is 5.32 Å². The summed E-state index contributed by atoms with van der Waals surface area (Å²) >= 11 is 0. The summed E-state index contributed by atoms with van der Waals surface area (Å²) in [7, 11) is 0. The second kappa shape index (κ2) is 7.03. The Balaban J connectivity index is 1.94. The second-order valence-corrected chi connectivity index (χ2v) is 5.64. The van der Waals surface area contributed by atoms with Crippen molar-refractivity contribution in [3.05, 3.63) is 69.3 Å². The number of amides is 1. The fraction of sp³-hybridized carbons (Fsp3) is 0.167. The SMILES string of the molecule is CCc1cc(=O)[nH]c(-n2nc(C)cc2NC(=O)c2ccc(C#N)cc2)n1. The summed E-state index contributed by atoms with van der Waals surface area (Å²) in [6.07, 6.45) is 0.601. The molecule has 0 radical (unpaired) electrons. The fourth-order valence-corrected chi connectivity index (χ4v) is 2.41. The number of anilines is 1. The van der Waals surface area contributed by atoms with Crippen LogP contribution in [0.2, 0.25) is 0 Å². The Bertz CT molecular complexity index is 1060. The third kappa shape index (κ3) is 3.52. The highest BCUT2D eigenvalue weighted by Crippen LogP contribution is 2.15. The first-order valence-electron chi connectivity index (χ1n) is 7.99. The molecule has 0 aliphatic heterocycles. The van der Waals surface area contributed by atoms with Crippen LogP contribution in [0.4, 0.5) is 5.82 Å². The van der Waals surface area contributed by atoms with E-state index in [0.717, 1.165) is 0 Å². The fourth-order valence-electron chi connectivity index (χ4n) is 2.41. The predicted molar refractivity (Wildman–Crippen MR) is 95.2 cm³/mol. The van der Waals surface area contributed by atoms with Gasteiger partial charge in [0.25, 0.3) is 11.5 Å². The van der Waals surface area contributed by atoms with E-state index in [2.05, 4.69) is 20.4 Å². The van der Waals surface area contributed by atoms with Gasteiger partial charge in [-0.2, -0.15) is 15.0 Å². The van der Waals surface area contributed by atoms with E-state index in [0.29, 0.717) is 34.8 Å². The molecule has 0 aliphatic carbocycles. The van der Waals surface area contributed by atoms with E-state index in [9.17, 15) is 9.59 Å². The van der Waals surface area contributed by atoms with Gasteiger partial charge in [0, 0.05) is 23.4 Å². The van der Waals surface area contributed by atoms with E-state index in [1.807, 2.05) is 13.0 Å². The minimum absolute atomic E-state index is 0.234. The molecular weight excluding hydrogens is 332 g/mol. The van der Waals surface area contributed by atoms with Gasteiger partial charge in [-0.1, -0.05) is 6.92 Å². The lowest BCUT2D eigenvalue weighted by Crippen LogP contribution is -2.19. The lowest BCUT2D eigenvalue weighted by Gasteiger charge is -2.09. The molecule has 3 rings (SSSR count). The Hall–Kier alpha value is -3.73. The van der Waals surface area contributed by atoms with Crippen molar-refractivity contribution < 1.29 is 4.79 Å². The van der Waals surface area contributed by atoms with Crippen LogP contribution in [-0.2, 0) is 6.42 Å². The van der Waals surface area contributed by atoms with Crippen molar-refractivity contribution in [1.82, 2.24) is 19.7 Å². The number of nitrogens with one attached hydrogen (secondary N) is 2. The Kier molecular flexibility index (Phi) is 4.62. The third-order valence-electron chi connectivity index (χ3n) is 3.69. The number of aromatic amines is 1. The number of aromatic nitrogens is 4. The largest absolute Gasteiger partial charge is 0.306 e. The number of hydrogen-bond acceptors (Lipinski definition) is 5. The van der Waals surface area contributed by atoms with Crippen LogP contribution < -0.4 is 10.9 Å². The zero-order valence-corrected chi connectivity index (χ0v) is 14.3. The molecule has 0 saturated heterocycles. The van der Waals surface area contributed by atoms with Gasteiger partial charge in [-0.25, -0.2) is 4.98 Å². The molecule has 130 valence electrons. The maximum atomic E-state index is 12.5. The third-order valence-corrected chi connectivity index (χ3v) is 3.69. The number of H-pyrrole nitrogens is 1. The van der Waals surface area contributed by atoms with Gasteiger partial charge in [0.05, 0.1) is 17.3 Å². The van der Waals surface area contributed by atoms with Crippen LogP contribution in [0.1, 0.15) is 34.2 Å². The molecule has 2 heterocycles. The molecular formula is C18H16N6O2. The zero-order valence-electron chi connectivity index (χ0n) is 14.3. The van der Waals surface area contributed by atoms with Crippen LogP contribution in [0.3, 0.4) is 0 Å². The lowest BCUT2D eigenvalue weighted by atomic mass is 10.1. The number of nitrogens with zero attached hydrogens (tertiary/aromatic N) is 4. The summed E-state index contributed by atoms with van der Waals surface area (Å²) in [6.45, 7) is 3.67. The highest BCUT2D eigenvalue weighted by Gasteiger charge is 2.14. The molecule has 8 nitrogen and oxygen atoms in total. The maximum Gasteiger partial charge on any atom is 0.256 e. The Morgan fingerprint density at radius 3 is 2.69 bits per heavy atom. The summed E-state index contributed by atoms with van der Waals surface area (Å²) in [6, 6.07) is 11.4. The van der Waals surface area contributed by atoms with E-state index < -0.39 is 0 Å². The normalized spacial score (nSPS) is 10.3. The molecule has 2 aromatic heterocycles. The van der Waals surface area contributed by atoms with Crippen molar-refractivity contribution in [3.63, 3.8) is 0 Å². The number of rotatable bonds is 4. The summed E-state index contributed by atoms with van der Waals surface area (Å²) in [5.41, 5.74) is 1.87. The van der Waals surface area contributed by atoms with Crippen LogP contribution in [0.15, 0.2) is 41.2 Å². The Morgan fingerprint density at radius 1 is 1.31 bits per heavy atom. The topological polar surface area (TPSA) is 116 Å². The van der Waals surface area contributed by atoms with E-state index in [1.54, 1.807) is 37.3 Å². The van der Waals surface area contributed by atoms with Crippen molar-refractivity contribution in [1.29, 1.82) is 5.26 Å². The maximum absolute atomic E-state index is 12.5. The summed E-state index contributed by atoms with van der Waals surface area (Å²) in [4.78, 5) is 31.3. The molecule has 0 fully saturated rings. The molecule has 1 aromatic carbocycles.